The highest BCUT2D eigenvalue weighted by Gasteiger charge is 2.08. The molecule has 4 aromatic rings. The van der Waals surface area contributed by atoms with E-state index in [0.29, 0.717) is 34.0 Å². The molecule has 0 unspecified atom stereocenters. The van der Waals surface area contributed by atoms with E-state index >= 15 is 0 Å². The van der Waals surface area contributed by atoms with Crippen LogP contribution in [0.5, 0.6) is 5.75 Å². The summed E-state index contributed by atoms with van der Waals surface area (Å²) in [5.41, 5.74) is 1.71. The van der Waals surface area contributed by atoms with Gasteiger partial charge in [-0.3, -0.25) is 14.3 Å². The van der Waals surface area contributed by atoms with E-state index in [1.807, 2.05) is 36.6 Å². The summed E-state index contributed by atoms with van der Waals surface area (Å²) in [5.74, 6) is 2.00. The maximum atomic E-state index is 12.0. The predicted molar refractivity (Wildman–Crippen MR) is 101 cm³/mol. The van der Waals surface area contributed by atoms with Crippen LogP contribution in [0.1, 0.15) is 17.1 Å². The number of aromatic nitrogens is 5. The Kier molecular flexibility index (Phi) is 4.72. The highest BCUT2D eigenvalue weighted by molar-refractivity contribution is 7.98. The molecule has 0 amide bonds. The number of aryl methyl sites for hydroxylation is 1. The van der Waals surface area contributed by atoms with E-state index in [-0.39, 0.29) is 5.56 Å². The summed E-state index contributed by atoms with van der Waals surface area (Å²) in [5, 5.41) is 9.50. The first kappa shape index (κ1) is 16.8. The van der Waals surface area contributed by atoms with Crippen molar-refractivity contribution < 1.29 is 4.74 Å². The average Bonchev–Trinajstić information content (AvgIpc) is 3.29. The van der Waals surface area contributed by atoms with Crippen LogP contribution in [-0.2, 0) is 12.4 Å². The summed E-state index contributed by atoms with van der Waals surface area (Å²) >= 11 is 2.86. The number of nitrogens with zero attached hydrogens (tertiary/aromatic N) is 4. The first-order chi connectivity index (χ1) is 12.7. The molecule has 0 bridgehead atoms. The van der Waals surface area contributed by atoms with Crippen molar-refractivity contribution in [1.29, 1.82) is 0 Å². The first-order valence-corrected chi connectivity index (χ1v) is 9.74. The van der Waals surface area contributed by atoms with Crippen LogP contribution in [-0.4, -0.2) is 24.6 Å². The molecule has 3 heterocycles. The molecule has 0 spiro atoms. The fraction of sp³-hybridized carbons (Fsp3) is 0.176. The number of H-pyrrole nitrogens is 1. The van der Waals surface area contributed by atoms with Gasteiger partial charge >= 0.3 is 0 Å². The third-order valence-corrected chi connectivity index (χ3v) is 5.31. The number of fused-ring (bicyclic) bond motifs is 1. The van der Waals surface area contributed by atoms with Crippen LogP contribution in [0.4, 0.5) is 0 Å². The number of benzene rings is 1. The van der Waals surface area contributed by atoms with Gasteiger partial charge in [-0.05, 0) is 18.6 Å². The van der Waals surface area contributed by atoms with Crippen molar-refractivity contribution in [2.75, 3.05) is 0 Å². The van der Waals surface area contributed by atoms with Gasteiger partial charge in [0.1, 0.15) is 12.4 Å². The van der Waals surface area contributed by atoms with Gasteiger partial charge in [0.2, 0.25) is 5.16 Å². The van der Waals surface area contributed by atoms with E-state index in [2.05, 4.69) is 20.2 Å². The van der Waals surface area contributed by atoms with Gasteiger partial charge in [-0.1, -0.05) is 30.0 Å². The first-order valence-electron chi connectivity index (χ1n) is 7.87. The molecule has 0 saturated carbocycles. The Morgan fingerprint density at radius 2 is 2.19 bits per heavy atom. The van der Waals surface area contributed by atoms with Crippen molar-refractivity contribution in [3.05, 3.63) is 69.3 Å². The van der Waals surface area contributed by atoms with Crippen LogP contribution in [0.25, 0.3) is 4.96 Å². The fourth-order valence-electron chi connectivity index (χ4n) is 2.37. The van der Waals surface area contributed by atoms with Gasteiger partial charge < -0.3 is 4.74 Å². The number of hydrogen-bond donors (Lipinski definition) is 1. The predicted octanol–water partition coefficient (Wildman–Crippen LogP) is 3.05. The van der Waals surface area contributed by atoms with Crippen LogP contribution < -0.4 is 10.3 Å². The number of para-hydroxylation sites is 1. The number of thiazole rings is 1. The molecule has 132 valence electrons. The summed E-state index contributed by atoms with van der Waals surface area (Å²) in [6.07, 6.45) is 1.72. The molecule has 0 radical (unpaired) electrons. The largest absolute Gasteiger partial charge is 0.485 e. The monoisotopic (exact) mass is 385 g/mol. The third kappa shape index (κ3) is 3.63. The molecule has 1 aromatic carbocycles. The van der Waals surface area contributed by atoms with Crippen LogP contribution >= 0.6 is 23.1 Å². The van der Waals surface area contributed by atoms with Gasteiger partial charge in [-0.15, -0.1) is 16.4 Å². The van der Waals surface area contributed by atoms with Crippen molar-refractivity contribution in [2.45, 2.75) is 24.4 Å². The van der Waals surface area contributed by atoms with Gasteiger partial charge in [0, 0.05) is 23.4 Å². The molecule has 0 aliphatic rings. The topological polar surface area (TPSA) is 85.2 Å². The van der Waals surface area contributed by atoms with E-state index in [0.717, 1.165) is 11.3 Å². The second kappa shape index (κ2) is 7.30. The van der Waals surface area contributed by atoms with E-state index < -0.39 is 0 Å². The van der Waals surface area contributed by atoms with Crippen molar-refractivity contribution in [2.24, 2.45) is 0 Å². The zero-order chi connectivity index (χ0) is 17.9. The third-order valence-electron chi connectivity index (χ3n) is 3.67. The highest BCUT2D eigenvalue weighted by Crippen LogP contribution is 2.20. The van der Waals surface area contributed by atoms with Gasteiger partial charge in [-0.2, -0.15) is 0 Å². The van der Waals surface area contributed by atoms with Crippen molar-refractivity contribution >= 4 is 28.1 Å². The maximum Gasteiger partial charge on any atom is 0.258 e. The Bertz CT molecular complexity index is 1100. The number of thioether (sulfide) groups is 1. The molecule has 0 aliphatic heterocycles. The maximum absolute atomic E-state index is 12.0. The molecule has 26 heavy (non-hydrogen) atoms. The molecule has 3 aromatic heterocycles. The Balaban J connectivity index is 1.38. The second-order valence-corrected chi connectivity index (χ2v) is 7.36. The van der Waals surface area contributed by atoms with Crippen LogP contribution in [0.2, 0.25) is 0 Å². The second-order valence-electron chi connectivity index (χ2n) is 5.55. The van der Waals surface area contributed by atoms with Gasteiger partial charge in [0.15, 0.2) is 10.8 Å². The zero-order valence-corrected chi connectivity index (χ0v) is 15.5. The van der Waals surface area contributed by atoms with E-state index in [1.165, 1.54) is 27.5 Å². The summed E-state index contributed by atoms with van der Waals surface area (Å²) < 4.78 is 7.29. The Morgan fingerprint density at radius 1 is 1.31 bits per heavy atom. The quantitative estimate of drug-likeness (QED) is 0.514. The molecule has 0 saturated heterocycles. The van der Waals surface area contributed by atoms with Crippen molar-refractivity contribution in [1.82, 2.24) is 24.6 Å². The lowest BCUT2D eigenvalue weighted by Crippen LogP contribution is -2.12. The highest BCUT2D eigenvalue weighted by atomic mass is 32.2. The Labute approximate surface area is 157 Å². The number of ether oxygens (including phenoxy) is 1. The minimum atomic E-state index is -0.0749. The Hall–Kier alpha value is -2.65. The molecule has 1 N–H and O–H groups in total. The molecule has 7 nitrogen and oxygen atoms in total. The summed E-state index contributed by atoms with van der Waals surface area (Å²) in [6.45, 7) is 2.32. The zero-order valence-electron chi connectivity index (χ0n) is 13.9. The minimum Gasteiger partial charge on any atom is -0.485 e. The Morgan fingerprint density at radius 3 is 3.08 bits per heavy atom. The average molecular weight is 385 g/mol. The molecule has 0 aliphatic carbocycles. The number of nitrogens with one attached hydrogen (secondary N) is 1. The summed E-state index contributed by atoms with van der Waals surface area (Å²) in [7, 11) is 0. The SMILES string of the molecule is Cc1ccccc1OCc1nc(SCc2cc(=O)n3ccsc3n2)n[nH]1. The van der Waals surface area contributed by atoms with E-state index in [4.69, 9.17) is 4.74 Å². The van der Waals surface area contributed by atoms with Gasteiger partial charge in [0.05, 0.1) is 5.69 Å². The molecule has 0 fully saturated rings. The molecular weight excluding hydrogens is 370 g/mol. The van der Waals surface area contributed by atoms with Crippen LogP contribution in [0.15, 0.2) is 51.9 Å². The van der Waals surface area contributed by atoms with Gasteiger partial charge in [-0.25, -0.2) is 9.97 Å². The van der Waals surface area contributed by atoms with Crippen LogP contribution in [0, 0.1) is 6.92 Å². The standard InChI is InChI=1S/C17H15N5O2S2/c1-11-4-2-3-5-13(11)24-9-14-19-16(21-20-14)26-10-12-8-15(23)22-6-7-25-17(22)18-12/h2-8H,9-10H2,1H3,(H,19,20,21). The fourth-order valence-corrected chi connectivity index (χ4v) is 3.82. The number of hydrogen-bond acceptors (Lipinski definition) is 7. The summed E-state index contributed by atoms with van der Waals surface area (Å²) in [6, 6.07) is 9.37. The van der Waals surface area contributed by atoms with Gasteiger partial charge in [0.25, 0.3) is 5.56 Å². The lowest BCUT2D eigenvalue weighted by molar-refractivity contribution is 0.294. The van der Waals surface area contributed by atoms with E-state index in [1.54, 1.807) is 12.3 Å². The number of aromatic amines is 1. The molecule has 9 heteroatoms. The normalized spacial score (nSPS) is 11.1. The molecular formula is C17H15N5O2S2. The lowest BCUT2D eigenvalue weighted by atomic mass is 10.2. The van der Waals surface area contributed by atoms with Crippen molar-refractivity contribution in [3.8, 4) is 5.75 Å². The smallest absolute Gasteiger partial charge is 0.258 e. The van der Waals surface area contributed by atoms with E-state index in [9.17, 15) is 4.79 Å². The number of rotatable bonds is 6. The van der Waals surface area contributed by atoms with Crippen molar-refractivity contribution in [3.63, 3.8) is 0 Å². The lowest BCUT2D eigenvalue weighted by Gasteiger charge is -2.06. The molecule has 4 rings (SSSR count). The minimum absolute atomic E-state index is 0.0749. The molecule has 0 atom stereocenters. The van der Waals surface area contributed by atoms with Crippen LogP contribution in [0.3, 0.4) is 0 Å². The summed E-state index contributed by atoms with van der Waals surface area (Å²) in [4.78, 5) is 21.6.